The van der Waals surface area contributed by atoms with E-state index in [9.17, 15) is 18.3 Å². The fourth-order valence-corrected chi connectivity index (χ4v) is 4.77. The highest BCUT2D eigenvalue weighted by molar-refractivity contribution is 7.89. The third kappa shape index (κ3) is 3.13. The van der Waals surface area contributed by atoms with Gasteiger partial charge in [0.15, 0.2) is 0 Å². The van der Waals surface area contributed by atoms with Crippen LogP contribution in [0.2, 0.25) is 0 Å². The summed E-state index contributed by atoms with van der Waals surface area (Å²) in [6.07, 6.45) is 3.83. The van der Waals surface area contributed by atoms with Crippen LogP contribution < -0.4 is 4.72 Å². The molecule has 1 heterocycles. The second-order valence-electron chi connectivity index (χ2n) is 5.71. The van der Waals surface area contributed by atoms with Crippen LogP contribution >= 0.6 is 0 Å². The SMILES string of the molecule is Cc1oc(C)c(S(=O)(=O)NC2CCCCC2C)c1C(=O)O. The van der Waals surface area contributed by atoms with Crippen LogP contribution in [0.4, 0.5) is 0 Å². The first-order valence-electron chi connectivity index (χ1n) is 7.09. The number of hydrogen-bond acceptors (Lipinski definition) is 4. The van der Waals surface area contributed by atoms with Gasteiger partial charge in [-0.1, -0.05) is 19.8 Å². The number of carboxylic acids is 1. The van der Waals surface area contributed by atoms with Crippen LogP contribution in [-0.4, -0.2) is 25.5 Å². The fourth-order valence-electron chi connectivity index (χ4n) is 2.98. The zero-order valence-corrected chi connectivity index (χ0v) is 13.3. The highest BCUT2D eigenvalue weighted by Crippen LogP contribution is 2.29. The summed E-state index contributed by atoms with van der Waals surface area (Å²) in [7, 11) is -3.90. The van der Waals surface area contributed by atoms with Gasteiger partial charge in [0.05, 0.1) is 0 Å². The Hall–Kier alpha value is -1.34. The fraction of sp³-hybridized carbons (Fsp3) is 0.643. The van der Waals surface area contributed by atoms with Crippen molar-refractivity contribution in [2.24, 2.45) is 5.92 Å². The van der Waals surface area contributed by atoms with Gasteiger partial charge in [-0.2, -0.15) is 0 Å². The molecule has 0 amide bonds. The average molecular weight is 315 g/mol. The van der Waals surface area contributed by atoms with Crippen LogP contribution in [0.5, 0.6) is 0 Å². The number of carbonyl (C=O) groups is 1. The van der Waals surface area contributed by atoms with Crippen molar-refractivity contribution >= 4 is 16.0 Å². The van der Waals surface area contributed by atoms with Crippen LogP contribution in [0.3, 0.4) is 0 Å². The van der Waals surface area contributed by atoms with E-state index in [0.29, 0.717) is 0 Å². The molecule has 2 unspecified atom stereocenters. The summed E-state index contributed by atoms with van der Waals surface area (Å²) >= 11 is 0. The van der Waals surface area contributed by atoms with E-state index in [2.05, 4.69) is 4.72 Å². The Bertz CT molecular complexity index is 647. The summed E-state index contributed by atoms with van der Waals surface area (Å²) in [6.45, 7) is 4.94. The number of nitrogens with one attached hydrogen (secondary N) is 1. The lowest BCUT2D eigenvalue weighted by atomic mass is 9.87. The Morgan fingerprint density at radius 1 is 1.24 bits per heavy atom. The maximum absolute atomic E-state index is 12.6. The second-order valence-corrected chi connectivity index (χ2v) is 7.36. The molecule has 1 aliphatic carbocycles. The summed E-state index contributed by atoms with van der Waals surface area (Å²) in [5, 5.41) is 9.23. The number of aryl methyl sites for hydroxylation is 2. The Morgan fingerprint density at radius 2 is 1.86 bits per heavy atom. The van der Waals surface area contributed by atoms with Gasteiger partial charge in [-0.05, 0) is 32.6 Å². The molecule has 0 saturated heterocycles. The quantitative estimate of drug-likeness (QED) is 0.889. The minimum Gasteiger partial charge on any atom is -0.478 e. The summed E-state index contributed by atoms with van der Waals surface area (Å²) in [6, 6.07) is -0.153. The molecule has 2 N–H and O–H groups in total. The van der Waals surface area contributed by atoms with Crippen molar-refractivity contribution in [2.75, 3.05) is 0 Å². The molecule has 1 aromatic rings. The number of furan rings is 1. The Morgan fingerprint density at radius 3 is 2.43 bits per heavy atom. The number of aromatic carboxylic acids is 1. The minimum atomic E-state index is -3.90. The van der Waals surface area contributed by atoms with Gasteiger partial charge < -0.3 is 9.52 Å². The topological polar surface area (TPSA) is 96.6 Å². The monoisotopic (exact) mass is 315 g/mol. The zero-order chi connectivity index (χ0) is 15.8. The predicted molar refractivity (Wildman–Crippen MR) is 76.9 cm³/mol. The zero-order valence-electron chi connectivity index (χ0n) is 12.5. The van der Waals surface area contributed by atoms with Gasteiger partial charge in [0.25, 0.3) is 0 Å². The Balaban J connectivity index is 2.38. The molecule has 0 bridgehead atoms. The van der Waals surface area contributed by atoms with Gasteiger partial charge in [0.2, 0.25) is 10.0 Å². The first-order valence-corrected chi connectivity index (χ1v) is 8.58. The third-order valence-corrected chi connectivity index (χ3v) is 5.75. The molecule has 118 valence electrons. The standard InChI is InChI=1S/C14H21NO5S/c1-8-6-4-5-7-11(8)15-21(18,19)13-10(3)20-9(2)12(13)14(16)17/h8,11,15H,4-7H2,1-3H3,(H,16,17). The first-order chi connectivity index (χ1) is 9.74. The van der Waals surface area contributed by atoms with Gasteiger partial charge >= 0.3 is 5.97 Å². The molecule has 2 atom stereocenters. The highest BCUT2D eigenvalue weighted by atomic mass is 32.2. The molecular weight excluding hydrogens is 294 g/mol. The summed E-state index contributed by atoms with van der Waals surface area (Å²) < 4.78 is 33.0. The minimum absolute atomic E-state index is 0.108. The highest BCUT2D eigenvalue weighted by Gasteiger charge is 2.34. The van der Waals surface area contributed by atoms with Gasteiger partial charge in [-0.25, -0.2) is 17.9 Å². The van der Waals surface area contributed by atoms with Crippen LogP contribution in [0.15, 0.2) is 9.31 Å². The average Bonchev–Trinajstić information content (AvgIpc) is 2.67. The molecule has 0 radical (unpaired) electrons. The van der Waals surface area contributed by atoms with Gasteiger partial charge in [-0.15, -0.1) is 0 Å². The lowest BCUT2D eigenvalue weighted by Gasteiger charge is -2.29. The summed E-state index contributed by atoms with van der Waals surface area (Å²) in [5.74, 6) is -0.825. The van der Waals surface area contributed by atoms with E-state index in [4.69, 9.17) is 4.42 Å². The predicted octanol–water partition coefficient (Wildman–Crippen LogP) is 2.45. The van der Waals surface area contributed by atoms with Crippen molar-refractivity contribution in [3.63, 3.8) is 0 Å². The van der Waals surface area contributed by atoms with Crippen LogP contribution in [-0.2, 0) is 10.0 Å². The van der Waals surface area contributed by atoms with E-state index in [0.717, 1.165) is 25.7 Å². The summed E-state index contributed by atoms with van der Waals surface area (Å²) in [5.41, 5.74) is -0.275. The van der Waals surface area contributed by atoms with Gasteiger partial charge in [0, 0.05) is 6.04 Å². The number of hydrogen-bond donors (Lipinski definition) is 2. The Labute approximate surface area is 124 Å². The van der Waals surface area contributed by atoms with Crippen LogP contribution in [0.25, 0.3) is 0 Å². The van der Waals surface area contributed by atoms with Crippen molar-refractivity contribution < 1.29 is 22.7 Å². The second kappa shape index (κ2) is 5.81. The molecular formula is C14H21NO5S. The number of sulfonamides is 1. The largest absolute Gasteiger partial charge is 0.478 e. The molecule has 7 heteroatoms. The molecule has 0 aromatic carbocycles. The van der Waals surface area contributed by atoms with Crippen LogP contribution in [0.1, 0.15) is 54.5 Å². The van der Waals surface area contributed by atoms with Gasteiger partial charge in [-0.3, -0.25) is 0 Å². The maximum Gasteiger partial charge on any atom is 0.340 e. The van der Waals surface area contributed by atoms with Crippen molar-refractivity contribution in [3.05, 3.63) is 17.1 Å². The molecule has 21 heavy (non-hydrogen) atoms. The molecule has 1 aromatic heterocycles. The molecule has 6 nitrogen and oxygen atoms in total. The normalized spacial score (nSPS) is 23.2. The summed E-state index contributed by atoms with van der Waals surface area (Å²) in [4.78, 5) is 11.1. The van der Waals surface area contributed by atoms with E-state index in [1.165, 1.54) is 13.8 Å². The van der Waals surface area contributed by atoms with E-state index >= 15 is 0 Å². The lowest BCUT2D eigenvalue weighted by Crippen LogP contribution is -2.41. The lowest BCUT2D eigenvalue weighted by molar-refractivity contribution is 0.0691. The van der Waals surface area contributed by atoms with E-state index in [-0.39, 0.29) is 33.9 Å². The van der Waals surface area contributed by atoms with Crippen LogP contribution in [0, 0.1) is 19.8 Å². The van der Waals surface area contributed by atoms with E-state index in [1.54, 1.807) is 0 Å². The molecule has 1 fully saturated rings. The molecule has 2 rings (SSSR count). The Kier molecular flexibility index (Phi) is 4.43. The van der Waals surface area contributed by atoms with Crippen molar-refractivity contribution in [2.45, 2.75) is 57.4 Å². The van der Waals surface area contributed by atoms with E-state index in [1.807, 2.05) is 6.92 Å². The third-order valence-electron chi connectivity index (χ3n) is 4.11. The smallest absolute Gasteiger partial charge is 0.340 e. The maximum atomic E-state index is 12.6. The van der Waals surface area contributed by atoms with Gasteiger partial charge in [0.1, 0.15) is 22.0 Å². The molecule has 0 spiro atoms. The van der Waals surface area contributed by atoms with Crippen molar-refractivity contribution in [1.82, 2.24) is 4.72 Å². The van der Waals surface area contributed by atoms with E-state index < -0.39 is 16.0 Å². The molecule has 1 saturated carbocycles. The molecule has 1 aliphatic rings. The number of rotatable bonds is 4. The first kappa shape index (κ1) is 16.0. The number of carboxylic acid groups (broad SMARTS) is 1. The molecule has 0 aliphatic heterocycles. The van der Waals surface area contributed by atoms with Crippen molar-refractivity contribution in [1.29, 1.82) is 0 Å². The van der Waals surface area contributed by atoms with Crippen molar-refractivity contribution in [3.8, 4) is 0 Å².